The van der Waals surface area contributed by atoms with Crippen molar-refractivity contribution < 1.29 is 4.74 Å². The summed E-state index contributed by atoms with van der Waals surface area (Å²) >= 11 is 0. The van der Waals surface area contributed by atoms with E-state index in [2.05, 4.69) is 63.5 Å². The Hall–Kier alpha value is -3.66. The maximum Gasteiger partial charge on any atom is 0.178 e. The summed E-state index contributed by atoms with van der Waals surface area (Å²) in [4.78, 5) is 12.6. The van der Waals surface area contributed by atoms with Gasteiger partial charge in [0.05, 0.1) is 18.2 Å². The van der Waals surface area contributed by atoms with Crippen molar-refractivity contribution in [1.29, 1.82) is 0 Å². The average molecular weight is 351 g/mol. The molecule has 0 aliphatic rings. The molecule has 0 spiro atoms. The lowest BCUT2D eigenvalue weighted by Crippen LogP contribution is -1.88. The highest BCUT2D eigenvalue weighted by atomic mass is 16.5. The van der Waals surface area contributed by atoms with E-state index in [-0.39, 0.29) is 0 Å². The maximum absolute atomic E-state index is 5.46. The van der Waals surface area contributed by atoms with Gasteiger partial charge in [-0.3, -0.25) is 0 Å². The number of H-pyrrole nitrogens is 1. The van der Waals surface area contributed by atoms with Crippen molar-refractivity contribution in [2.75, 3.05) is 7.11 Å². The smallest absolute Gasteiger partial charge is 0.178 e. The van der Waals surface area contributed by atoms with E-state index in [1.54, 1.807) is 7.11 Å². The first kappa shape index (κ1) is 15.6. The van der Waals surface area contributed by atoms with E-state index in [4.69, 9.17) is 4.74 Å². The second-order valence-electron chi connectivity index (χ2n) is 6.41. The van der Waals surface area contributed by atoms with Gasteiger partial charge in [-0.05, 0) is 34.5 Å². The van der Waals surface area contributed by atoms with Gasteiger partial charge in [-0.25, -0.2) is 9.97 Å². The Morgan fingerprint density at radius 1 is 0.852 bits per heavy atom. The van der Waals surface area contributed by atoms with Crippen molar-refractivity contribution in [3.05, 3.63) is 79.0 Å². The minimum absolute atomic E-state index is 0.694. The summed E-state index contributed by atoms with van der Waals surface area (Å²) in [6, 6.07) is 24.7. The molecule has 2 heterocycles. The van der Waals surface area contributed by atoms with Gasteiger partial charge in [-0.1, -0.05) is 54.6 Å². The van der Waals surface area contributed by atoms with Gasteiger partial charge in [0.25, 0.3) is 0 Å². The van der Waals surface area contributed by atoms with E-state index in [0.717, 1.165) is 33.8 Å². The molecule has 5 rings (SSSR count). The lowest BCUT2D eigenvalue weighted by Gasteiger charge is -2.06. The van der Waals surface area contributed by atoms with Crippen molar-refractivity contribution in [1.82, 2.24) is 15.0 Å². The number of ether oxygens (including phenoxy) is 1. The molecule has 5 aromatic rings. The molecule has 0 aliphatic carbocycles. The van der Waals surface area contributed by atoms with E-state index < -0.39 is 0 Å². The zero-order valence-electron chi connectivity index (χ0n) is 14.8. The van der Waals surface area contributed by atoms with Crippen LogP contribution >= 0.6 is 0 Å². The van der Waals surface area contributed by atoms with Crippen molar-refractivity contribution in [3.8, 4) is 28.3 Å². The summed E-state index contributed by atoms with van der Waals surface area (Å²) in [5, 5.41) is 2.43. The van der Waals surface area contributed by atoms with Gasteiger partial charge in [0.15, 0.2) is 5.65 Å². The molecule has 130 valence electrons. The normalized spacial score (nSPS) is 11.1. The summed E-state index contributed by atoms with van der Waals surface area (Å²) in [5.41, 5.74) is 4.75. The number of pyridine rings is 1. The number of benzene rings is 3. The molecule has 0 bridgehead atoms. The Balaban J connectivity index is 1.66. The topological polar surface area (TPSA) is 50.8 Å². The molecule has 2 aromatic heterocycles. The van der Waals surface area contributed by atoms with Crippen LogP contribution in [0.1, 0.15) is 0 Å². The second-order valence-corrected chi connectivity index (χ2v) is 6.41. The van der Waals surface area contributed by atoms with Gasteiger partial charge in [0.1, 0.15) is 11.6 Å². The van der Waals surface area contributed by atoms with E-state index in [1.807, 2.05) is 30.5 Å². The molecule has 3 aromatic carbocycles. The number of rotatable bonds is 3. The third-order valence-electron chi connectivity index (χ3n) is 4.80. The molecule has 1 N–H and O–H groups in total. The zero-order chi connectivity index (χ0) is 18.2. The highest BCUT2D eigenvalue weighted by Gasteiger charge is 2.12. The van der Waals surface area contributed by atoms with E-state index in [1.165, 1.54) is 10.8 Å². The van der Waals surface area contributed by atoms with Crippen LogP contribution in [0.25, 0.3) is 44.5 Å². The predicted octanol–water partition coefficient (Wildman–Crippen LogP) is 5.45. The number of aromatic nitrogens is 3. The second kappa shape index (κ2) is 6.25. The van der Waals surface area contributed by atoms with E-state index in [0.29, 0.717) is 5.65 Å². The summed E-state index contributed by atoms with van der Waals surface area (Å²) < 4.78 is 5.46. The Morgan fingerprint density at radius 3 is 2.56 bits per heavy atom. The average Bonchev–Trinajstić information content (AvgIpc) is 3.16. The summed E-state index contributed by atoms with van der Waals surface area (Å²) in [6.45, 7) is 0. The third-order valence-corrected chi connectivity index (χ3v) is 4.80. The number of hydrogen-bond donors (Lipinski definition) is 1. The monoisotopic (exact) mass is 351 g/mol. The van der Waals surface area contributed by atoms with Crippen molar-refractivity contribution in [2.24, 2.45) is 0 Å². The first-order chi connectivity index (χ1) is 13.3. The standard InChI is InChI=1S/C23H17N3O/c1-27-21-12-5-4-10-19(21)22-25-20-13-16(14-24-23(20)26-22)18-11-6-8-15-7-2-3-9-17(15)18/h2-14H,1H3,(H,24,25,26). The van der Waals surface area contributed by atoms with E-state index >= 15 is 0 Å². The molecule has 4 heteroatoms. The fourth-order valence-corrected chi connectivity index (χ4v) is 3.49. The maximum atomic E-state index is 5.46. The number of methoxy groups -OCH3 is 1. The zero-order valence-corrected chi connectivity index (χ0v) is 14.8. The molecule has 0 saturated carbocycles. The summed E-state index contributed by atoms with van der Waals surface area (Å²) in [7, 11) is 1.67. The largest absolute Gasteiger partial charge is 0.496 e. The van der Waals surface area contributed by atoms with Gasteiger partial charge in [0, 0.05) is 11.8 Å². The van der Waals surface area contributed by atoms with Gasteiger partial charge in [0.2, 0.25) is 0 Å². The lowest BCUT2D eigenvalue weighted by molar-refractivity contribution is 0.416. The molecule has 0 atom stereocenters. The first-order valence-electron chi connectivity index (χ1n) is 8.81. The molecule has 0 saturated heterocycles. The number of hydrogen-bond acceptors (Lipinski definition) is 3. The molecule has 0 amide bonds. The van der Waals surface area contributed by atoms with Crippen molar-refractivity contribution in [3.63, 3.8) is 0 Å². The highest BCUT2D eigenvalue weighted by Crippen LogP contribution is 2.32. The Labute approximate surface area is 156 Å². The van der Waals surface area contributed by atoms with Crippen LogP contribution < -0.4 is 4.74 Å². The van der Waals surface area contributed by atoms with Crippen LogP contribution in [0, 0.1) is 0 Å². The van der Waals surface area contributed by atoms with Crippen LogP contribution in [0.2, 0.25) is 0 Å². The van der Waals surface area contributed by atoms with Crippen LogP contribution in [0.15, 0.2) is 79.0 Å². The number of fused-ring (bicyclic) bond motifs is 2. The number of nitrogens with one attached hydrogen (secondary N) is 1. The number of para-hydroxylation sites is 1. The van der Waals surface area contributed by atoms with E-state index in [9.17, 15) is 0 Å². The number of imidazole rings is 1. The fourth-order valence-electron chi connectivity index (χ4n) is 3.49. The van der Waals surface area contributed by atoms with Gasteiger partial charge in [-0.2, -0.15) is 0 Å². The van der Waals surface area contributed by atoms with Gasteiger partial charge >= 0.3 is 0 Å². The molecule has 0 unspecified atom stereocenters. The molecule has 4 nitrogen and oxygen atoms in total. The van der Waals surface area contributed by atoms with Crippen LogP contribution in [-0.4, -0.2) is 22.1 Å². The van der Waals surface area contributed by atoms with Gasteiger partial charge < -0.3 is 9.72 Å². The number of aromatic amines is 1. The first-order valence-corrected chi connectivity index (χ1v) is 8.81. The third kappa shape index (κ3) is 2.62. The van der Waals surface area contributed by atoms with Crippen LogP contribution in [0.4, 0.5) is 0 Å². The van der Waals surface area contributed by atoms with Crippen molar-refractivity contribution in [2.45, 2.75) is 0 Å². The molecule has 27 heavy (non-hydrogen) atoms. The Morgan fingerprint density at radius 2 is 1.63 bits per heavy atom. The van der Waals surface area contributed by atoms with Crippen LogP contribution in [0.5, 0.6) is 5.75 Å². The molecule has 0 fully saturated rings. The van der Waals surface area contributed by atoms with Gasteiger partial charge in [-0.15, -0.1) is 0 Å². The summed E-state index contributed by atoms with van der Waals surface area (Å²) in [5.74, 6) is 1.54. The summed E-state index contributed by atoms with van der Waals surface area (Å²) in [6.07, 6.45) is 1.89. The highest BCUT2D eigenvalue weighted by molar-refractivity contribution is 5.97. The Kier molecular flexibility index (Phi) is 3.61. The van der Waals surface area contributed by atoms with Crippen molar-refractivity contribution >= 4 is 21.9 Å². The molecule has 0 aliphatic heterocycles. The Bertz CT molecular complexity index is 1270. The quantitative estimate of drug-likeness (QED) is 0.470. The SMILES string of the molecule is COc1ccccc1-c1nc2ncc(-c3cccc4ccccc34)cc2[nH]1. The molecular weight excluding hydrogens is 334 g/mol. The molecule has 0 radical (unpaired) electrons. The van der Waals surface area contributed by atoms with Crippen LogP contribution in [0.3, 0.4) is 0 Å². The number of nitrogens with zero attached hydrogens (tertiary/aromatic N) is 2. The molecular formula is C23H17N3O. The minimum Gasteiger partial charge on any atom is -0.496 e. The van der Waals surface area contributed by atoms with Crippen LogP contribution in [-0.2, 0) is 0 Å². The predicted molar refractivity (Wildman–Crippen MR) is 109 cm³/mol. The lowest BCUT2D eigenvalue weighted by atomic mass is 9.99. The minimum atomic E-state index is 0.694. The fraction of sp³-hybridized carbons (Fsp3) is 0.0435.